The quantitative estimate of drug-likeness (QED) is 0.455. The van der Waals surface area contributed by atoms with Gasteiger partial charge in [-0.3, -0.25) is 4.79 Å². The average Bonchev–Trinajstić information content (AvgIpc) is 3.32. The molecule has 0 aliphatic heterocycles. The van der Waals surface area contributed by atoms with Gasteiger partial charge in [0.25, 0.3) is 5.56 Å². The molecule has 4 rings (SSSR count). The van der Waals surface area contributed by atoms with Crippen molar-refractivity contribution in [1.29, 1.82) is 0 Å². The minimum atomic E-state index is -0.221. The molecule has 0 amide bonds. The van der Waals surface area contributed by atoms with E-state index in [-0.39, 0.29) is 5.56 Å². The highest BCUT2D eigenvalue weighted by Gasteiger charge is 2.13. The first-order valence-corrected chi connectivity index (χ1v) is 10.3. The Balaban J connectivity index is 1.70. The maximum absolute atomic E-state index is 12.9. The fourth-order valence-electron chi connectivity index (χ4n) is 3.04. The molecule has 0 radical (unpaired) electrons. The van der Waals surface area contributed by atoms with Crippen LogP contribution in [-0.2, 0) is 0 Å². The second-order valence-electron chi connectivity index (χ2n) is 6.50. The zero-order valence-electron chi connectivity index (χ0n) is 16.9. The van der Waals surface area contributed by atoms with Gasteiger partial charge in [0, 0.05) is 11.1 Å². The fraction of sp³-hybridized carbons (Fsp3) is 0.227. The van der Waals surface area contributed by atoms with E-state index in [2.05, 4.69) is 17.0 Å². The molecule has 0 saturated carbocycles. The minimum absolute atomic E-state index is 0.221. The van der Waals surface area contributed by atoms with E-state index in [1.165, 1.54) is 15.9 Å². The summed E-state index contributed by atoms with van der Waals surface area (Å²) in [4.78, 5) is 17.9. The van der Waals surface area contributed by atoms with Crippen LogP contribution >= 0.6 is 11.3 Å². The zero-order valence-corrected chi connectivity index (χ0v) is 17.7. The molecule has 0 unspecified atom stereocenters. The van der Waals surface area contributed by atoms with Crippen LogP contribution in [0.15, 0.2) is 47.3 Å². The highest BCUT2D eigenvalue weighted by Crippen LogP contribution is 2.31. The fourth-order valence-corrected chi connectivity index (χ4v) is 3.94. The Bertz CT molecular complexity index is 1280. The molecule has 0 saturated heterocycles. The van der Waals surface area contributed by atoms with Crippen molar-refractivity contribution in [2.45, 2.75) is 13.3 Å². The van der Waals surface area contributed by atoms with Gasteiger partial charge in [-0.25, -0.2) is 0 Å². The first kappa shape index (κ1) is 19.9. The second-order valence-corrected chi connectivity index (χ2v) is 7.51. The molecule has 2 heterocycles. The normalized spacial score (nSPS) is 11.8. The maximum atomic E-state index is 12.9. The number of fused-ring (bicyclic) bond motifs is 1. The molecule has 0 aliphatic carbocycles. The Kier molecular flexibility index (Phi) is 5.67. The van der Waals surface area contributed by atoms with Crippen molar-refractivity contribution >= 4 is 22.4 Å². The molecule has 4 aromatic rings. The second kappa shape index (κ2) is 8.54. The Hall–Kier alpha value is -3.39. The summed E-state index contributed by atoms with van der Waals surface area (Å²) in [6.45, 7) is 2.74. The minimum Gasteiger partial charge on any atom is -0.494 e. The molecule has 7 nitrogen and oxygen atoms in total. The van der Waals surface area contributed by atoms with E-state index in [0.29, 0.717) is 33.4 Å². The van der Waals surface area contributed by atoms with E-state index >= 15 is 0 Å². The molecular weight excluding hydrogens is 402 g/mol. The van der Waals surface area contributed by atoms with Crippen molar-refractivity contribution in [3.05, 3.63) is 62.9 Å². The maximum Gasteiger partial charge on any atom is 0.291 e. The van der Waals surface area contributed by atoms with Crippen LogP contribution in [-0.4, -0.2) is 35.4 Å². The first-order valence-electron chi connectivity index (χ1n) is 9.50. The van der Waals surface area contributed by atoms with Gasteiger partial charge in [0.05, 0.1) is 25.4 Å². The van der Waals surface area contributed by atoms with Crippen molar-refractivity contribution in [2.75, 3.05) is 20.8 Å². The number of nitrogens with zero attached hydrogens (tertiary/aromatic N) is 3. The van der Waals surface area contributed by atoms with Crippen LogP contribution in [0.3, 0.4) is 0 Å². The average molecular weight is 423 g/mol. The number of hydrogen-bond acceptors (Lipinski definition) is 7. The van der Waals surface area contributed by atoms with Crippen LogP contribution < -0.4 is 24.3 Å². The van der Waals surface area contributed by atoms with Gasteiger partial charge in [0.1, 0.15) is 5.75 Å². The number of thiazole rings is 1. The predicted molar refractivity (Wildman–Crippen MR) is 117 cm³/mol. The van der Waals surface area contributed by atoms with Gasteiger partial charge in [-0.2, -0.15) is 9.50 Å². The third kappa shape index (κ3) is 3.73. The number of aromatic nitrogens is 3. The lowest BCUT2D eigenvalue weighted by Gasteiger charge is -2.09. The molecule has 2 aromatic heterocycles. The van der Waals surface area contributed by atoms with Gasteiger partial charge in [-0.05, 0) is 42.8 Å². The SMILES string of the molecule is CCCOc1ccc(-c2nc3sc(=Cc4cccc(OC)c4OC)c(=O)n3n2)cc1. The summed E-state index contributed by atoms with van der Waals surface area (Å²) in [6, 6.07) is 13.1. The number of rotatable bonds is 7. The van der Waals surface area contributed by atoms with Crippen LogP contribution in [0.5, 0.6) is 17.2 Å². The van der Waals surface area contributed by atoms with E-state index < -0.39 is 0 Å². The number of benzene rings is 2. The number of hydrogen-bond donors (Lipinski definition) is 0. The van der Waals surface area contributed by atoms with Gasteiger partial charge < -0.3 is 14.2 Å². The molecule has 154 valence electrons. The molecule has 0 spiro atoms. The lowest BCUT2D eigenvalue weighted by atomic mass is 10.2. The van der Waals surface area contributed by atoms with E-state index in [1.54, 1.807) is 20.3 Å². The standard InChI is InChI=1S/C22H21N3O4S/c1-4-12-29-16-10-8-14(9-11-16)20-23-22-25(24-20)21(26)18(30-22)13-15-6-5-7-17(27-2)19(15)28-3/h5-11,13H,4,12H2,1-3H3. The summed E-state index contributed by atoms with van der Waals surface area (Å²) in [7, 11) is 3.15. The predicted octanol–water partition coefficient (Wildman–Crippen LogP) is 3.17. The number of para-hydroxylation sites is 1. The Morgan fingerprint density at radius 1 is 1.10 bits per heavy atom. The zero-order chi connectivity index (χ0) is 21.1. The summed E-state index contributed by atoms with van der Waals surface area (Å²) >= 11 is 1.28. The van der Waals surface area contributed by atoms with Crippen molar-refractivity contribution in [3.8, 4) is 28.6 Å². The number of ether oxygens (including phenoxy) is 3. The van der Waals surface area contributed by atoms with Crippen LogP contribution in [0.2, 0.25) is 0 Å². The van der Waals surface area contributed by atoms with Gasteiger partial charge in [-0.1, -0.05) is 30.4 Å². The smallest absolute Gasteiger partial charge is 0.291 e. The molecule has 0 bridgehead atoms. The monoisotopic (exact) mass is 423 g/mol. The van der Waals surface area contributed by atoms with E-state index in [4.69, 9.17) is 14.2 Å². The van der Waals surface area contributed by atoms with Gasteiger partial charge in [0.2, 0.25) is 4.96 Å². The topological polar surface area (TPSA) is 75.0 Å². The number of methoxy groups -OCH3 is 2. The van der Waals surface area contributed by atoms with E-state index in [9.17, 15) is 4.79 Å². The van der Waals surface area contributed by atoms with Gasteiger partial charge in [-0.15, -0.1) is 5.10 Å². The lowest BCUT2D eigenvalue weighted by molar-refractivity contribution is 0.317. The molecule has 8 heteroatoms. The molecular formula is C22H21N3O4S. The Morgan fingerprint density at radius 2 is 1.90 bits per heavy atom. The summed E-state index contributed by atoms with van der Waals surface area (Å²) in [5.74, 6) is 2.48. The molecule has 0 atom stereocenters. The third-order valence-electron chi connectivity index (χ3n) is 4.49. The molecule has 2 aromatic carbocycles. The molecule has 0 fully saturated rings. The third-order valence-corrected chi connectivity index (χ3v) is 5.45. The van der Waals surface area contributed by atoms with Crippen molar-refractivity contribution in [1.82, 2.24) is 14.6 Å². The summed E-state index contributed by atoms with van der Waals surface area (Å²) in [6.07, 6.45) is 2.72. The first-order chi connectivity index (χ1) is 14.6. The van der Waals surface area contributed by atoms with Crippen molar-refractivity contribution in [2.24, 2.45) is 0 Å². The summed E-state index contributed by atoms with van der Waals surface area (Å²) in [5, 5.41) is 4.40. The van der Waals surface area contributed by atoms with Gasteiger partial charge in [0.15, 0.2) is 17.3 Å². The van der Waals surface area contributed by atoms with Gasteiger partial charge >= 0.3 is 0 Å². The molecule has 30 heavy (non-hydrogen) atoms. The Morgan fingerprint density at radius 3 is 2.57 bits per heavy atom. The van der Waals surface area contributed by atoms with E-state index in [1.807, 2.05) is 42.5 Å². The molecule has 0 N–H and O–H groups in total. The van der Waals surface area contributed by atoms with Crippen molar-refractivity contribution < 1.29 is 14.2 Å². The highest BCUT2D eigenvalue weighted by molar-refractivity contribution is 7.15. The largest absolute Gasteiger partial charge is 0.494 e. The highest BCUT2D eigenvalue weighted by atomic mass is 32.1. The van der Waals surface area contributed by atoms with Crippen LogP contribution in [0.25, 0.3) is 22.4 Å². The van der Waals surface area contributed by atoms with Crippen LogP contribution in [0.1, 0.15) is 18.9 Å². The van der Waals surface area contributed by atoms with Crippen LogP contribution in [0.4, 0.5) is 0 Å². The van der Waals surface area contributed by atoms with Crippen LogP contribution in [0, 0.1) is 0 Å². The summed E-state index contributed by atoms with van der Waals surface area (Å²) < 4.78 is 18.2. The lowest BCUT2D eigenvalue weighted by Crippen LogP contribution is -2.23. The van der Waals surface area contributed by atoms with E-state index in [0.717, 1.165) is 23.3 Å². The van der Waals surface area contributed by atoms with Crippen molar-refractivity contribution in [3.63, 3.8) is 0 Å². The molecule has 0 aliphatic rings. The summed E-state index contributed by atoms with van der Waals surface area (Å²) in [5.41, 5.74) is 1.36. The Labute approximate surface area is 177 Å².